The Hall–Kier alpha value is -2.77. The molecule has 0 aliphatic carbocycles. The Balaban J connectivity index is 1.66. The van der Waals surface area contributed by atoms with Crippen LogP contribution in [0.3, 0.4) is 0 Å². The first-order valence-electron chi connectivity index (χ1n) is 8.73. The van der Waals surface area contributed by atoms with Crippen molar-refractivity contribution < 1.29 is 9.53 Å². The molecule has 0 atom stereocenters. The number of aryl methyl sites for hydroxylation is 2. The number of hydrogen-bond acceptors (Lipinski definition) is 6. The number of benzene rings is 1. The number of aromatic nitrogens is 2. The minimum absolute atomic E-state index is 0.186. The number of carbonyl (C=O) groups excluding carboxylic acids is 1. The van der Waals surface area contributed by atoms with Crippen molar-refractivity contribution in [3.8, 4) is 16.2 Å². The van der Waals surface area contributed by atoms with Crippen LogP contribution >= 0.6 is 22.7 Å². The summed E-state index contributed by atoms with van der Waals surface area (Å²) in [4.78, 5) is 31.6. The summed E-state index contributed by atoms with van der Waals surface area (Å²) in [6.45, 7) is 5.60. The maximum atomic E-state index is 13.0. The number of hydrogen-bond donors (Lipinski definition) is 0. The van der Waals surface area contributed by atoms with Gasteiger partial charge in [0.25, 0.3) is 5.56 Å². The molecule has 0 aliphatic heterocycles. The Morgan fingerprint density at radius 1 is 1.14 bits per heavy atom. The van der Waals surface area contributed by atoms with Crippen LogP contribution < -0.4 is 10.3 Å². The summed E-state index contributed by atoms with van der Waals surface area (Å²) in [5.74, 6) is 0.0647. The number of esters is 1. The van der Waals surface area contributed by atoms with Gasteiger partial charge in [0, 0.05) is 15.8 Å². The SMILES string of the molecule is Cc1ccc(C)c(OC(=O)Cn2cnc3scc(-c4cccs4)c3c2=O)c1C. The first kappa shape index (κ1) is 18.6. The molecule has 3 heterocycles. The monoisotopic (exact) mass is 410 g/mol. The lowest BCUT2D eigenvalue weighted by molar-refractivity contribution is -0.135. The summed E-state index contributed by atoms with van der Waals surface area (Å²) in [5.41, 5.74) is 3.49. The lowest BCUT2D eigenvalue weighted by Crippen LogP contribution is -2.27. The molecular formula is C21H18N2O3S2. The molecule has 0 fully saturated rings. The van der Waals surface area contributed by atoms with Crippen LogP contribution in [-0.4, -0.2) is 15.5 Å². The van der Waals surface area contributed by atoms with Gasteiger partial charge >= 0.3 is 5.97 Å². The van der Waals surface area contributed by atoms with Crippen LogP contribution in [0.1, 0.15) is 16.7 Å². The van der Waals surface area contributed by atoms with Crippen molar-refractivity contribution in [2.24, 2.45) is 0 Å². The molecule has 0 N–H and O–H groups in total. The Kier molecular flexibility index (Phi) is 4.87. The molecule has 0 saturated heterocycles. The van der Waals surface area contributed by atoms with Gasteiger partial charge in [-0.3, -0.25) is 9.36 Å². The van der Waals surface area contributed by atoms with Gasteiger partial charge in [0.1, 0.15) is 17.1 Å². The van der Waals surface area contributed by atoms with E-state index in [9.17, 15) is 9.59 Å². The van der Waals surface area contributed by atoms with Crippen molar-refractivity contribution in [3.05, 3.63) is 68.4 Å². The van der Waals surface area contributed by atoms with Gasteiger partial charge in [-0.25, -0.2) is 9.78 Å². The Bertz CT molecular complexity index is 1240. The van der Waals surface area contributed by atoms with Gasteiger partial charge in [-0.15, -0.1) is 22.7 Å². The van der Waals surface area contributed by atoms with Crippen molar-refractivity contribution in [3.63, 3.8) is 0 Å². The zero-order valence-corrected chi connectivity index (χ0v) is 17.3. The van der Waals surface area contributed by atoms with E-state index < -0.39 is 5.97 Å². The first-order valence-corrected chi connectivity index (χ1v) is 10.5. The van der Waals surface area contributed by atoms with Crippen LogP contribution in [0.25, 0.3) is 20.7 Å². The third-order valence-electron chi connectivity index (χ3n) is 4.74. The van der Waals surface area contributed by atoms with Gasteiger partial charge in [0.15, 0.2) is 0 Å². The third-order valence-corrected chi connectivity index (χ3v) is 6.53. The predicted octanol–water partition coefficient (Wildman–Crippen LogP) is 4.72. The van der Waals surface area contributed by atoms with Crippen molar-refractivity contribution >= 4 is 38.9 Å². The third kappa shape index (κ3) is 3.27. The number of fused-ring (bicyclic) bond motifs is 1. The van der Waals surface area contributed by atoms with E-state index in [1.54, 1.807) is 11.3 Å². The van der Waals surface area contributed by atoms with Crippen LogP contribution in [-0.2, 0) is 11.3 Å². The van der Waals surface area contributed by atoms with Gasteiger partial charge in [0.05, 0.1) is 11.7 Å². The minimum atomic E-state index is -0.493. The molecule has 142 valence electrons. The van der Waals surface area contributed by atoms with Gasteiger partial charge in [-0.05, 0) is 48.9 Å². The van der Waals surface area contributed by atoms with E-state index in [1.807, 2.05) is 55.8 Å². The summed E-state index contributed by atoms with van der Waals surface area (Å²) in [6.07, 6.45) is 1.41. The second-order valence-electron chi connectivity index (χ2n) is 6.61. The fraction of sp³-hybridized carbons (Fsp3) is 0.190. The van der Waals surface area contributed by atoms with E-state index in [2.05, 4.69) is 4.98 Å². The number of nitrogens with zero attached hydrogens (tertiary/aromatic N) is 2. The lowest BCUT2D eigenvalue weighted by atomic mass is 10.1. The van der Waals surface area contributed by atoms with Crippen molar-refractivity contribution in [1.29, 1.82) is 0 Å². The summed E-state index contributed by atoms with van der Waals surface area (Å²) >= 11 is 3.00. The Labute approximate surface area is 169 Å². The van der Waals surface area contributed by atoms with E-state index in [0.29, 0.717) is 16.0 Å². The number of ether oxygens (including phenoxy) is 1. The minimum Gasteiger partial charge on any atom is -0.425 e. The molecular weight excluding hydrogens is 392 g/mol. The molecule has 7 heteroatoms. The van der Waals surface area contributed by atoms with Crippen molar-refractivity contribution in [1.82, 2.24) is 9.55 Å². The Morgan fingerprint density at radius 2 is 1.93 bits per heavy atom. The molecule has 4 aromatic rings. The second-order valence-corrected chi connectivity index (χ2v) is 8.42. The van der Waals surface area contributed by atoms with E-state index in [1.165, 1.54) is 22.2 Å². The highest BCUT2D eigenvalue weighted by atomic mass is 32.1. The Morgan fingerprint density at radius 3 is 2.68 bits per heavy atom. The molecule has 0 spiro atoms. The summed E-state index contributed by atoms with van der Waals surface area (Å²) < 4.78 is 6.90. The highest BCUT2D eigenvalue weighted by Crippen LogP contribution is 2.33. The zero-order valence-electron chi connectivity index (χ0n) is 15.7. The smallest absolute Gasteiger partial charge is 0.331 e. The standard InChI is InChI=1S/C21H18N2O3S2/c1-12-6-7-13(2)19(14(12)3)26-17(24)9-23-11-22-20-18(21(23)25)15(10-28-20)16-5-4-8-27-16/h4-8,10-11H,9H2,1-3H3. The largest absolute Gasteiger partial charge is 0.425 e. The summed E-state index contributed by atoms with van der Waals surface area (Å²) in [6, 6.07) is 7.83. The van der Waals surface area contributed by atoms with E-state index in [0.717, 1.165) is 27.1 Å². The van der Waals surface area contributed by atoms with E-state index >= 15 is 0 Å². The molecule has 0 radical (unpaired) electrons. The topological polar surface area (TPSA) is 61.2 Å². The molecule has 0 unspecified atom stereocenters. The first-order chi connectivity index (χ1) is 13.5. The van der Waals surface area contributed by atoms with Crippen LogP contribution in [0.15, 0.2) is 46.1 Å². The van der Waals surface area contributed by atoms with Crippen molar-refractivity contribution in [2.75, 3.05) is 0 Å². The second kappa shape index (κ2) is 7.33. The highest BCUT2D eigenvalue weighted by Gasteiger charge is 2.17. The molecule has 28 heavy (non-hydrogen) atoms. The van der Waals surface area contributed by atoms with Crippen LogP contribution in [0.4, 0.5) is 0 Å². The fourth-order valence-corrected chi connectivity index (χ4v) is 4.78. The highest BCUT2D eigenvalue weighted by molar-refractivity contribution is 7.18. The molecule has 5 nitrogen and oxygen atoms in total. The molecule has 3 aromatic heterocycles. The number of carbonyl (C=O) groups is 1. The van der Waals surface area contributed by atoms with Crippen LogP contribution in [0, 0.1) is 20.8 Å². The van der Waals surface area contributed by atoms with Gasteiger partial charge in [0.2, 0.25) is 0 Å². The van der Waals surface area contributed by atoms with Crippen LogP contribution in [0.2, 0.25) is 0 Å². The normalized spacial score (nSPS) is 11.1. The number of rotatable bonds is 4. The average Bonchev–Trinajstić information content (AvgIpc) is 3.34. The lowest BCUT2D eigenvalue weighted by Gasteiger charge is -2.13. The summed E-state index contributed by atoms with van der Waals surface area (Å²) in [5, 5.41) is 4.45. The number of thiophene rings is 2. The summed E-state index contributed by atoms with van der Waals surface area (Å²) in [7, 11) is 0. The van der Waals surface area contributed by atoms with Crippen molar-refractivity contribution in [2.45, 2.75) is 27.3 Å². The fourth-order valence-electron chi connectivity index (χ4n) is 3.06. The maximum absolute atomic E-state index is 13.0. The maximum Gasteiger partial charge on any atom is 0.331 e. The average molecular weight is 411 g/mol. The quantitative estimate of drug-likeness (QED) is 0.361. The van der Waals surface area contributed by atoms with Gasteiger partial charge in [-0.2, -0.15) is 0 Å². The van der Waals surface area contributed by atoms with E-state index in [4.69, 9.17) is 4.74 Å². The van der Waals surface area contributed by atoms with Gasteiger partial charge < -0.3 is 4.74 Å². The predicted molar refractivity (Wildman–Crippen MR) is 113 cm³/mol. The van der Waals surface area contributed by atoms with Gasteiger partial charge in [-0.1, -0.05) is 18.2 Å². The molecule has 1 aromatic carbocycles. The zero-order chi connectivity index (χ0) is 19.8. The van der Waals surface area contributed by atoms with E-state index in [-0.39, 0.29) is 12.1 Å². The molecule has 0 amide bonds. The molecule has 0 aliphatic rings. The molecule has 0 bridgehead atoms. The molecule has 0 saturated carbocycles. The molecule has 4 rings (SSSR count). The van der Waals surface area contributed by atoms with Crippen LogP contribution in [0.5, 0.6) is 5.75 Å².